The molecule has 0 saturated carbocycles. The summed E-state index contributed by atoms with van der Waals surface area (Å²) in [6.07, 6.45) is 0.249. The summed E-state index contributed by atoms with van der Waals surface area (Å²) in [6.45, 7) is 6.44. The van der Waals surface area contributed by atoms with Gasteiger partial charge in [-0.25, -0.2) is 4.79 Å². The highest BCUT2D eigenvalue weighted by molar-refractivity contribution is 9.10. The van der Waals surface area contributed by atoms with E-state index in [0.29, 0.717) is 25.1 Å². The van der Waals surface area contributed by atoms with Crippen LogP contribution in [0.15, 0.2) is 28.7 Å². The van der Waals surface area contributed by atoms with Crippen molar-refractivity contribution in [3.05, 3.63) is 34.3 Å². The van der Waals surface area contributed by atoms with E-state index in [4.69, 9.17) is 4.74 Å². The standard InChI is InChI=1S/C18H26BrN3O4/c1-18(2,3)26-17(25)22-12-9-15(23)20-10-4-11-21-16(24)13-5-7-14(19)8-6-13/h5-8H,4,9-12H2,1-3H3,(H,20,23)(H,21,24)(H,22,25). The summed E-state index contributed by atoms with van der Waals surface area (Å²) in [5.41, 5.74) is 0.0259. The zero-order chi connectivity index (χ0) is 19.6. The van der Waals surface area contributed by atoms with Crippen LogP contribution < -0.4 is 16.0 Å². The number of benzene rings is 1. The third kappa shape index (κ3) is 10.0. The summed E-state index contributed by atoms with van der Waals surface area (Å²) in [5.74, 6) is -0.314. The second-order valence-corrected chi connectivity index (χ2v) is 7.56. The number of hydrogen-bond acceptors (Lipinski definition) is 4. The molecule has 144 valence electrons. The SMILES string of the molecule is CC(C)(C)OC(=O)NCCC(=O)NCCCNC(=O)c1ccc(Br)cc1. The molecule has 0 aliphatic carbocycles. The van der Waals surface area contributed by atoms with Gasteiger partial charge in [0, 0.05) is 36.1 Å². The van der Waals surface area contributed by atoms with E-state index in [1.165, 1.54) is 0 Å². The summed E-state index contributed by atoms with van der Waals surface area (Å²) in [7, 11) is 0. The molecule has 1 rings (SSSR count). The maximum absolute atomic E-state index is 11.9. The predicted molar refractivity (Wildman–Crippen MR) is 103 cm³/mol. The fourth-order valence-electron chi connectivity index (χ4n) is 1.90. The van der Waals surface area contributed by atoms with Gasteiger partial charge < -0.3 is 20.7 Å². The largest absolute Gasteiger partial charge is 0.444 e. The van der Waals surface area contributed by atoms with Crippen molar-refractivity contribution in [1.29, 1.82) is 0 Å². The van der Waals surface area contributed by atoms with Crippen LogP contribution in [0.2, 0.25) is 0 Å². The molecule has 0 fully saturated rings. The molecule has 1 aromatic rings. The highest BCUT2D eigenvalue weighted by Crippen LogP contribution is 2.10. The van der Waals surface area contributed by atoms with Crippen LogP contribution in [0.4, 0.5) is 4.79 Å². The number of ether oxygens (including phenoxy) is 1. The zero-order valence-corrected chi connectivity index (χ0v) is 16.9. The molecule has 3 amide bonds. The summed E-state index contributed by atoms with van der Waals surface area (Å²) in [5, 5.41) is 8.06. The quantitative estimate of drug-likeness (QED) is 0.555. The fraction of sp³-hybridized carbons (Fsp3) is 0.500. The summed E-state index contributed by atoms with van der Waals surface area (Å²) in [6, 6.07) is 7.08. The Morgan fingerprint density at radius 3 is 2.19 bits per heavy atom. The van der Waals surface area contributed by atoms with Gasteiger partial charge in [-0.05, 0) is 51.5 Å². The van der Waals surface area contributed by atoms with Gasteiger partial charge in [0.15, 0.2) is 0 Å². The maximum Gasteiger partial charge on any atom is 0.407 e. The first-order valence-corrected chi connectivity index (χ1v) is 9.24. The Morgan fingerprint density at radius 1 is 0.962 bits per heavy atom. The number of carbonyl (C=O) groups is 3. The van der Waals surface area contributed by atoms with Gasteiger partial charge in [0.1, 0.15) is 5.60 Å². The average Bonchev–Trinajstić information content (AvgIpc) is 2.53. The van der Waals surface area contributed by atoms with E-state index >= 15 is 0 Å². The van der Waals surface area contributed by atoms with E-state index in [0.717, 1.165) is 4.47 Å². The predicted octanol–water partition coefficient (Wildman–Crippen LogP) is 2.60. The number of nitrogens with one attached hydrogen (secondary N) is 3. The number of alkyl carbamates (subject to hydrolysis) is 1. The van der Waals surface area contributed by atoms with Crippen molar-refractivity contribution in [3.8, 4) is 0 Å². The molecule has 3 N–H and O–H groups in total. The lowest BCUT2D eigenvalue weighted by atomic mass is 10.2. The molecular formula is C18H26BrN3O4. The molecule has 0 saturated heterocycles. The summed E-state index contributed by atoms with van der Waals surface area (Å²) in [4.78, 5) is 35.0. The topological polar surface area (TPSA) is 96.5 Å². The zero-order valence-electron chi connectivity index (χ0n) is 15.4. The van der Waals surface area contributed by atoms with Crippen molar-refractivity contribution in [2.75, 3.05) is 19.6 Å². The summed E-state index contributed by atoms with van der Waals surface area (Å²) < 4.78 is 5.99. The molecule has 0 aliphatic rings. The molecule has 8 heteroatoms. The van der Waals surface area contributed by atoms with Crippen LogP contribution in [0.3, 0.4) is 0 Å². The van der Waals surface area contributed by atoms with Gasteiger partial charge in [-0.3, -0.25) is 9.59 Å². The molecule has 0 aromatic heterocycles. The average molecular weight is 428 g/mol. The molecule has 0 bridgehead atoms. The van der Waals surface area contributed by atoms with Gasteiger partial charge in [-0.2, -0.15) is 0 Å². The van der Waals surface area contributed by atoms with Crippen molar-refractivity contribution < 1.29 is 19.1 Å². The van der Waals surface area contributed by atoms with E-state index in [-0.39, 0.29) is 24.8 Å². The second kappa shape index (κ2) is 10.8. The van der Waals surface area contributed by atoms with Crippen LogP contribution in [-0.2, 0) is 9.53 Å². The van der Waals surface area contributed by atoms with E-state index < -0.39 is 11.7 Å². The van der Waals surface area contributed by atoms with Crippen molar-refractivity contribution in [2.24, 2.45) is 0 Å². The molecule has 0 aliphatic heterocycles. The van der Waals surface area contributed by atoms with Crippen LogP contribution >= 0.6 is 15.9 Å². The first kappa shape index (κ1) is 22.0. The van der Waals surface area contributed by atoms with Crippen LogP contribution in [0.1, 0.15) is 44.0 Å². The highest BCUT2D eigenvalue weighted by Gasteiger charge is 2.15. The van der Waals surface area contributed by atoms with Gasteiger partial charge in [0.2, 0.25) is 5.91 Å². The lowest BCUT2D eigenvalue weighted by Gasteiger charge is -2.19. The second-order valence-electron chi connectivity index (χ2n) is 6.64. The Kier molecular flexibility index (Phi) is 9.12. The molecule has 0 radical (unpaired) electrons. The van der Waals surface area contributed by atoms with Gasteiger partial charge in [-0.15, -0.1) is 0 Å². The van der Waals surface area contributed by atoms with E-state index in [9.17, 15) is 14.4 Å². The van der Waals surface area contributed by atoms with Crippen molar-refractivity contribution in [2.45, 2.75) is 39.2 Å². The Hall–Kier alpha value is -2.09. The number of amides is 3. The van der Waals surface area contributed by atoms with Gasteiger partial charge >= 0.3 is 6.09 Å². The van der Waals surface area contributed by atoms with E-state index in [1.807, 2.05) is 0 Å². The number of halogens is 1. The molecular weight excluding hydrogens is 402 g/mol. The Balaban J connectivity index is 2.08. The molecule has 0 unspecified atom stereocenters. The molecule has 0 heterocycles. The van der Waals surface area contributed by atoms with Crippen LogP contribution in [0.25, 0.3) is 0 Å². The highest BCUT2D eigenvalue weighted by atomic mass is 79.9. The van der Waals surface area contributed by atoms with Crippen LogP contribution in [0.5, 0.6) is 0 Å². The van der Waals surface area contributed by atoms with Crippen LogP contribution in [0, 0.1) is 0 Å². The number of hydrogen-bond donors (Lipinski definition) is 3. The Labute approximate surface area is 162 Å². The van der Waals surface area contributed by atoms with Crippen molar-refractivity contribution in [1.82, 2.24) is 16.0 Å². The third-order valence-corrected chi connectivity index (χ3v) is 3.62. The lowest BCUT2D eigenvalue weighted by molar-refractivity contribution is -0.120. The van der Waals surface area contributed by atoms with Gasteiger partial charge in [-0.1, -0.05) is 15.9 Å². The smallest absolute Gasteiger partial charge is 0.407 e. The van der Waals surface area contributed by atoms with E-state index in [2.05, 4.69) is 31.9 Å². The molecule has 0 atom stereocenters. The Morgan fingerprint density at radius 2 is 1.58 bits per heavy atom. The first-order valence-electron chi connectivity index (χ1n) is 8.45. The van der Waals surface area contributed by atoms with Crippen molar-refractivity contribution >= 4 is 33.8 Å². The van der Waals surface area contributed by atoms with E-state index in [1.54, 1.807) is 45.0 Å². The minimum atomic E-state index is -0.562. The molecule has 0 spiro atoms. The van der Waals surface area contributed by atoms with Gasteiger partial charge in [0.25, 0.3) is 5.91 Å². The van der Waals surface area contributed by atoms with Gasteiger partial charge in [0.05, 0.1) is 0 Å². The number of rotatable bonds is 8. The number of carbonyl (C=O) groups excluding carboxylic acids is 3. The minimum Gasteiger partial charge on any atom is -0.444 e. The third-order valence-electron chi connectivity index (χ3n) is 3.09. The molecule has 26 heavy (non-hydrogen) atoms. The Bertz CT molecular complexity index is 612. The van der Waals surface area contributed by atoms with Crippen LogP contribution in [-0.4, -0.2) is 43.1 Å². The maximum atomic E-state index is 11.9. The lowest BCUT2D eigenvalue weighted by Crippen LogP contribution is -2.35. The summed E-state index contributed by atoms with van der Waals surface area (Å²) >= 11 is 3.32. The fourth-order valence-corrected chi connectivity index (χ4v) is 2.17. The molecule has 7 nitrogen and oxygen atoms in total. The normalized spacial score (nSPS) is 10.8. The molecule has 1 aromatic carbocycles. The first-order chi connectivity index (χ1) is 12.2. The minimum absolute atomic E-state index is 0.148. The van der Waals surface area contributed by atoms with Crippen molar-refractivity contribution in [3.63, 3.8) is 0 Å². The monoisotopic (exact) mass is 427 g/mol.